The second-order valence-electron chi connectivity index (χ2n) is 2.44. The summed E-state index contributed by atoms with van der Waals surface area (Å²) in [5.74, 6) is 0. The molecule has 11 heavy (non-hydrogen) atoms. The molecule has 0 aromatic carbocycles. The van der Waals surface area contributed by atoms with E-state index in [1.807, 2.05) is 18.2 Å². The first kappa shape index (κ1) is 8.06. The van der Waals surface area contributed by atoms with Gasteiger partial charge in [0.15, 0.2) is 0 Å². The molecule has 0 aliphatic heterocycles. The van der Waals surface area contributed by atoms with E-state index in [1.54, 1.807) is 0 Å². The summed E-state index contributed by atoms with van der Waals surface area (Å²) in [6.07, 6.45) is 21.0. The molecule has 0 saturated carbocycles. The third-order valence-electron chi connectivity index (χ3n) is 1.47. The van der Waals surface area contributed by atoms with Crippen LogP contribution in [0.4, 0.5) is 0 Å². The van der Waals surface area contributed by atoms with Crippen molar-refractivity contribution in [3.63, 3.8) is 0 Å². The SMILES string of the molecule is [C]1=C/C=C/C=C\CC/C=C/C\1. The average Bonchev–Trinajstić information content (AvgIpc) is 2.08. The van der Waals surface area contributed by atoms with Gasteiger partial charge in [0.1, 0.15) is 0 Å². The molecule has 1 radical (unpaired) electrons. The maximum absolute atomic E-state index is 3.15. The van der Waals surface area contributed by atoms with Crippen LogP contribution in [0.15, 0.2) is 42.5 Å². The molecule has 1 aliphatic carbocycles. The number of rotatable bonds is 0. The fourth-order valence-electron chi connectivity index (χ4n) is 0.892. The lowest BCUT2D eigenvalue weighted by atomic mass is 10.2. The fourth-order valence-corrected chi connectivity index (χ4v) is 0.892. The summed E-state index contributed by atoms with van der Waals surface area (Å²) in [4.78, 5) is 0. The maximum atomic E-state index is 3.15. The summed E-state index contributed by atoms with van der Waals surface area (Å²) in [6.45, 7) is 0. The summed E-state index contributed by atoms with van der Waals surface area (Å²) in [6, 6.07) is 0. The normalized spacial score (nSPS) is 29.8. The Morgan fingerprint density at radius 2 is 1.73 bits per heavy atom. The quantitative estimate of drug-likeness (QED) is 0.459. The number of hydrogen-bond donors (Lipinski definition) is 0. The van der Waals surface area contributed by atoms with Gasteiger partial charge in [-0.1, -0.05) is 42.5 Å². The summed E-state index contributed by atoms with van der Waals surface area (Å²) < 4.78 is 0. The molecule has 1 rings (SSSR count). The van der Waals surface area contributed by atoms with Crippen molar-refractivity contribution in [2.75, 3.05) is 0 Å². The minimum atomic E-state index is 0.935. The average molecular weight is 145 g/mol. The molecule has 0 aromatic heterocycles. The monoisotopic (exact) mass is 145 g/mol. The van der Waals surface area contributed by atoms with Gasteiger partial charge < -0.3 is 0 Å². The summed E-state index contributed by atoms with van der Waals surface area (Å²) in [5.41, 5.74) is 0. The Balaban J connectivity index is 2.47. The van der Waals surface area contributed by atoms with E-state index in [0.717, 1.165) is 19.3 Å². The lowest BCUT2D eigenvalue weighted by molar-refractivity contribution is 1.04. The Morgan fingerprint density at radius 1 is 0.818 bits per heavy atom. The van der Waals surface area contributed by atoms with Crippen LogP contribution in [0.1, 0.15) is 19.3 Å². The van der Waals surface area contributed by atoms with E-state index < -0.39 is 0 Å². The zero-order chi connectivity index (χ0) is 7.78. The lowest BCUT2D eigenvalue weighted by Gasteiger charge is -1.83. The summed E-state index contributed by atoms with van der Waals surface area (Å²) in [7, 11) is 0. The summed E-state index contributed by atoms with van der Waals surface area (Å²) in [5, 5.41) is 0. The maximum Gasteiger partial charge on any atom is -0.00946 e. The standard InChI is InChI=1S/C11H13/c1-2-4-6-8-10-11-9-7-5-3-1/h1-5,10-11H,6,8-9H2/b3-1+,4-2-,7-5?,11-10+. The van der Waals surface area contributed by atoms with Gasteiger partial charge in [-0.15, -0.1) is 0 Å². The van der Waals surface area contributed by atoms with Crippen molar-refractivity contribution in [1.82, 2.24) is 0 Å². The molecule has 0 atom stereocenters. The van der Waals surface area contributed by atoms with Gasteiger partial charge in [-0.25, -0.2) is 0 Å². The second-order valence-corrected chi connectivity index (χ2v) is 2.44. The molecular formula is C11H13. The van der Waals surface area contributed by atoms with Gasteiger partial charge >= 0.3 is 0 Å². The van der Waals surface area contributed by atoms with Gasteiger partial charge in [-0.3, -0.25) is 0 Å². The molecule has 57 valence electrons. The van der Waals surface area contributed by atoms with E-state index in [2.05, 4.69) is 30.4 Å². The Bertz CT molecular complexity index is 192. The van der Waals surface area contributed by atoms with E-state index in [9.17, 15) is 0 Å². The molecule has 0 N–H and O–H groups in total. The highest BCUT2D eigenvalue weighted by molar-refractivity contribution is 5.10. The van der Waals surface area contributed by atoms with Gasteiger partial charge in [-0.2, -0.15) is 0 Å². The third-order valence-corrected chi connectivity index (χ3v) is 1.47. The molecule has 0 unspecified atom stereocenters. The van der Waals surface area contributed by atoms with Crippen molar-refractivity contribution < 1.29 is 0 Å². The molecule has 0 heterocycles. The van der Waals surface area contributed by atoms with Crippen molar-refractivity contribution in [2.24, 2.45) is 0 Å². The Kier molecular flexibility index (Phi) is 4.19. The van der Waals surface area contributed by atoms with Crippen molar-refractivity contribution in [3.8, 4) is 0 Å². The van der Waals surface area contributed by atoms with E-state index >= 15 is 0 Å². The zero-order valence-corrected chi connectivity index (χ0v) is 6.66. The first-order valence-electron chi connectivity index (χ1n) is 4.03. The van der Waals surface area contributed by atoms with Crippen LogP contribution >= 0.6 is 0 Å². The molecule has 0 aromatic rings. The Hall–Kier alpha value is -1.04. The van der Waals surface area contributed by atoms with E-state index in [1.165, 1.54) is 0 Å². The van der Waals surface area contributed by atoms with Crippen LogP contribution in [0.25, 0.3) is 0 Å². The lowest BCUT2D eigenvalue weighted by Crippen LogP contribution is -1.63. The Morgan fingerprint density at radius 3 is 2.73 bits per heavy atom. The van der Waals surface area contributed by atoms with Crippen LogP contribution in [0.2, 0.25) is 0 Å². The van der Waals surface area contributed by atoms with Crippen LogP contribution in [0, 0.1) is 6.08 Å². The Labute approximate surface area is 68.6 Å². The van der Waals surface area contributed by atoms with Crippen LogP contribution in [0.3, 0.4) is 0 Å². The number of hydrogen-bond acceptors (Lipinski definition) is 0. The zero-order valence-electron chi connectivity index (χ0n) is 6.66. The minimum absolute atomic E-state index is 0.935. The van der Waals surface area contributed by atoms with Gasteiger partial charge in [0.05, 0.1) is 0 Å². The predicted molar refractivity (Wildman–Crippen MR) is 49.1 cm³/mol. The first-order chi connectivity index (χ1) is 5.50. The molecule has 0 heteroatoms. The van der Waals surface area contributed by atoms with E-state index in [4.69, 9.17) is 0 Å². The highest BCUT2D eigenvalue weighted by atomic mass is 13.8. The second kappa shape index (κ2) is 5.72. The first-order valence-corrected chi connectivity index (χ1v) is 4.03. The molecule has 0 amide bonds. The van der Waals surface area contributed by atoms with Gasteiger partial charge in [-0.05, 0) is 25.3 Å². The molecule has 1 aliphatic rings. The largest absolute Gasteiger partial charge is 0.0879 e. The third kappa shape index (κ3) is 4.38. The minimum Gasteiger partial charge on any atom is -0.0879 e. The molecule has 0 saturated heterocycles. The predicted octanol–water partition coefficient (Wildman–Crippen LogP) is 3.20. The molecule has 0 fully saturated rings. The molecule has 0 bridgehead atoms. The topological polar surface area (TPSA) is 0 Å². The van der Waals surface area contributed by atoms with Crippen LogP contribution in [0.5, 0.6) is 0 Å². The number of allylic oxidation sites excluding steroid dienone is 8. The van der Waals surface area contributed by atoms with Crippen LogP contribution < -0.4 is 0 Å². The smallest absolute Gasteiger partial charge is 0.00946 e. The summed E-state index contributed by atoms with van der Waals surface area (Å²) >= 11 is 0. The van der Waals surface area contributed by atoms with Crippen molar-refractivity contribution >= 4 is 0 Å². The molecule has 0 nitrogen and oxygen atoms in total. The highest BCUT2D eigenvalue weighted by Crippen LogP contribution is 1.96. The van der Waals surface area contributed by atoms with Gasteiger partial charge in [0.2, 0.25) is 0 Å². The molecular weight excluding hydrogens is 132 g/mol. The highest BCUT2D eigenvalue weighted by Gasteiger charge is 1.77. The van der Waals surface area contributed by atoms with Crippen molar-refractivity contribution in [1.29, 1.82) is 0 Å². The van der Waals surface area contributed by atoms with Gasteiger partial charge in [0, 0.05) is 0 Å². The fraction of sp³-hybridized carbons (Fsp3) is 0.273. The van der Waals surface area contributed by atoms with E-state index in [0.29, 0.717) is 0 Å². The van der Waals surface area contributed by atoms with Crippen LogP contribution in [-0.2, 0) is 0 Å². The molecule has 0 spiro atoms. The van der Waals surface area contributed by atoms with Crippen LogP contribution in [-0.4, -0.2) is 0 Å². The van der Waals surface area contributed by atoms with Crippen molar-refractivity contribution in [2.45, 2.75) is 19.3 Å². The van der Waals surface area contributed by atoms with Crippen molar-refractivity contribution in [3.05, 3.63) is 48.6 Å². The van der Waals surface area contributed by atoms with E-state index in [-0.39, 0.29) is 0 Å². The van der Waals surface area contributed by atoms with Gasteiger partial charge in [0.25, 0.3) is 0 Å².